The minimum Gasteiger partial charge on any atom is -0.0984 e. The molecule has 1 aliphatic rings. The zero-order valence-corrected chi connectivity index (χ0v) is 11.7. The topological polar surface area (TPSA) is 0 Å². The van der Waals surface area contributed by atoms with Crippen molar-refractivity contribution in [2.75, 3.05) is 0 Å². The molecule has 0 spiro atoms. The number of benzene rings is 1. The molecule has 94 valence electrons. The summed E-state index contributed by atoms with van der Waals surface area (Å²) in [5.41, 5.74) is 8.17. The molecule has 0 aromatic heterocycles. The molecular formula is C18H22. The molecule has 2 atom stereocenters. The van der Waals surface area contributed by atoms with Crippen molar-refractivity contribution in [3.05, 3.63) is 53.1 Å². The minimum atomic E-state index is 0.608. The van der Waals surface area contributed by atoms with E-state index in [-0.39, 0.29) is 0 Å². The molecule has 0 unspecified atom stereocenters. The second-order valence-electron chi connectivity index (χ2n) is 5.09. The maximum Gasteiger partial charge on any atom is -0.0115 e. The van der Waals surface area contributed by atoms with Crippen molar-refractivity contribution in [1.29, 1.82) is 0 Å². The van der Waals surface area contributed by atoms with Crippen LogP contribution < -0.4 is 0 Å². The molecule has 0 aliphatic heterocycles. The highest BCUT2D eigenvalue weighted by molar-refractivity contribution is 5.79. The Labute approximate surface area is 111 Å². The van der Waals surface area contributed by atoms with E-state index in [0.29, 0.717) is 11.8 Å². The van der Waals surface area contributed by atoms with Gasteiger partial charge < -0.3 is 0 Å². The molecule has 0 saturated heterocycles. The predicted molar refractivity (Wildman–Crippen MR) is 82.9 cm³/mol. The van der Waals surface area contributed by atoms with E-state index in [9.17, 15) is 0 Å². The lowest BCUT2D eigenvalue weighted by Crippen LogP contribution is -2.24. The van der Waals surface area contributed by atoms with Gasteiger partial charge in [-0.1, -0.05) is 58.7 Å². The molecule has 1 aliphatic carbocycles. The smallest absolute Gasteiger partial charge is 0.0115 e. The van der Waals surface area contributed by atoms with Crippen molar-refractivity contribution >= 4 is 18.2 Å². The van der Waals surface area contributed by atoms with Crippen LogP contribution in [0.2, 0.25) is 0 Å². The largest absolute Gasteiger partial charge is 0.0984 e. The van der Waals surface area contributed by atoms with Crippen LogP contribution >= 0.6 is 0 Å². The van der Waals surface area contributed by atoms with Gasteiger partial charge in [-0.05, 0) is 51.6 Å². The third kappa shape index (κ3) is 1.45. The summed E-state index contributed by atoms with van der Waals surface area (Å²) in [5.74, 6) is 1.23. The summed E-state index contributed by atoms with van der Waals surface area (Å²) in [6, 6.07) is 0. The van der Waals surface area contributed by atoms with E-state index in [1.807, 2.05) is 18.2 Å². The molecule has 1 aromatic carbocycles. The van der Waals surface area contributed by atoms with Crippen LogP contribution in [0.25, 0.3) is 18.2 Å². The van der Waals surface area contributed by atoms with Gasteiger partial charge in [0.1, 0.15) is 0 Å². The molecule has 0 heteroatoms. The summed E-state index contributed by atoms with van der Waals surface area (Å²) in [4.78, 5) is 0. The van der Waals surface area contributed by atoms with Crippen LogP contribution in [0.4, 0.5) is 0 Å². The first-order valence-corrected chi connectivity index (χ1v) is 6.72. The van der Waals surface area contributed by atoms with Gasteiger partial charge in [-0.15, -0.1) is 0 Å². The van der Waals surface area contributed by atoms with Crippen LogP contribution in [0.1, 0.15) is 66.0 Å². The fourth-order valence-corrected chi connectivity index (χ4v) is 3.36. The number of hydrogen-bond acceptors (Lipinski definition) is 0. The molecule has 0 N–H and O–H groups in total. The molecule has 0 saturated carbocycles. The van der Waals surface area contributed by atoms with Gasteiger partial charge in [0.15, 0.2) is 0 Å². The molecule has 0 fully saturated rings. The summed E-state index contributed by atoms with van der Waals surface area (Å²) < 4.78 is 0. The highest BCUT2D eigenvalue weighted by Crippen LogP contribution is 2.52. The van der Waals surface area contributed by atoms with Gasteiger partial charge in [-0.2, -0.15) is 0 Å². The Morgan fingerprint density at radius 3 is 1.67 bits per heavy atom. The van der Waals surface area contributed by atoms with Crippen LogP contribution in [-0.2, 0) is 6.42 Å². The lowest BCUT2D eigenvalue weighted by molar-refractivity contribution is 0.538. The van der Waals surface area contributed by atoms with E-state index >= 15 is 0 Å². The van der Waals surface area contributed by atoms with E-state index in [1.54, 1.807) is 0 Å². The van der Waals surface area contributed by atoms with Gasteiger partial charge >= 0.3 is 0 Å². The number of fused-ring (bicyclic) bond motifs is 1. The third-order valence-corrected chi connectivity index (χ3v) is 4.44. The van der Waals surface area contributed by atoms with Crippen LogP contribution in [0.5, 0.6) is 0 Å². The fraction of sp³-hybridized carbons (Fsp3) is 0.333. The van der Waals surface area contributed by atoms with Gasteiger partial charge in [0.25, 0.3) is 0 Å². The Morgan fingerprint density at radius 1 is 0.833 bits per heavy atom. The van der Waals surface area contributed by atoms with Crippen molar-refractivity contribution in [2.45, 2.75) is 39.0 Å². The zero-order valence-electron chi connectivity index (χ0n) is 11.7. The Kier molecular flexibility index (Phi) is 3.30. The van der Waals surface area contributed by atoms with Crippen molar-refractivity contribution in [3.8, 4) is 0 Å². The predicted octanol–water partition coefficient (Wildman–Crippen LogP) is 5.40. The van der Waals surface area contributed by atoms with Crippen molar-refractivity contribution in [1.82, 2.24) is 0 Å². The Balaban J connectivity index is 2.90. The quantitative estimate of drug-likeness (QED) is 0.659. The Morgan fingerprint density at radius 2 is 1.28 bits per heavy atom. The molecule has 0 bridgehead atoms. The van der Waals surface area contributed by atoms with Crippen LogP contribution in [-0.4, -0.2) is 0 Å². The highest BCUT2D eigenvalue weighted by Gasteiger charge is 2.36. The van der Waals surface area contributed by atoms with Crippen molar-refractivity contribution in [2.24, 2.45) is 0 Å². The second kappa shape index (κ2) is 4.61. The van der Waals surface area contributed by atoms with Gasteiger partial charge in [0, 0.05) is 0 Å². The minimum absolute atomic E-state index is 0.608. The third-order valence-electron chi connectivity index (χ3n) is 4.44. The molecular weight excluding hydrogens is 216 g/mol. The highest BCUT2D eigenvalue weighted by atomic mass is 14.4. The van der Waals surface area contributed by atoms with Gasteiger partial charge in [-0.3, -0.25) is 0 Å². The SMILES string of the molecule is C=Cc1c(C=C)c2c(c(C=C)c1CC)[C@H](C)[C@H]2C. The van der Waals surface area contributed by atoms with Gasteiger partial charge in [0.05, 0.1) is 0 Å². The van der Waals surface area contributed by atoms with E-state index in [2.05, 4.69) is 40.5 Å². The standard InChI is InChI=1S/C18H22/c1-7-13-14(8-2)16(10-4)18-12(6)11(5)17(18)15(13)9-3/h7,9-12H,1,3-4,8H2,2,5-6H3/t11-,12-/m1/s1. The first-order valence-electron chi connectivity index (χ1n) is 6.72. The van der Waals surface area contributed by atoms with Crippen molar-refractivity contribution in [3.63, 3.8) is 0 Å². The molecule has 0 amide bonds. The molecule has 1 aromatic rings. The zero-order chi connectivity index (χ0) is 13.4. The van der Waals surface area contributed by atoms with Crippen LogP contribution in [0.3, 0.4) is 0 Å². The number of hydrogen-bond donors (Lipinski definition) is 0. The molecule has 0 radical (unpaired) electrons. The molecule has 2 rings (SSSR count). The Hall–Kier alpha value is -1.56. The lowest BCUT2D eigenvalue weighted by atomic mass is 9.64. The summed E-state index contributed by atoms with van der Waals surface area (Å²) >= 11 is 0. The van der Waals surface area contributed by atoms with E-state index < -0.39 is 0 Å². The molecule has 0 heterocycles. The van der Waals surface area contributed by atoms with E-state index in [4.69, 9.17) is 0 Å². The van der Waals surface area contributed by atoms with Gasteiger partial charge in [0.2, 0.25) is 0 Å². The van der Waals surface area contributed by atoms with Gasteiger partial charge in [-0.25, -0.2) is 0 Å². The lowest BCUT2D eigenvalue weighted by Gasteiger charge is -2.40. The average Bonchev–Trinajstić information content (AvgIpc) is 2.42. The normalized spacial score (nSPS) is 20.8. The Bertz CT molecular complexity index is 532. The van der Waals surface area contributed by atoms with Crippen LogP contribution in [0, 0.1) is 0 Å². The summed E-state index contributed by atoms with van der Waals surface area (Å²) in [6.45, 7) is 18.8. The van der Waals surface area contributed by atoms with E-state index in [0.717, 1.165) is 6.42 Å². The maximum absolute atomic E-state index is 4.01. The number of rotatable bonds is 4. The second-order valence-corrected chi connectivity index (χ2v) is 5.09. The van der Waals surface area contributed by atoms with E-state index in [1.165, 1.54) is 33.4 Å². The maximum atomic E-state index is 4.01. The first-order chi connectivity index (χ1) is 8.62. The fourth-order valence-electron chi connectivity index (χ4n) is 3.36. The average molecular weight is 238 g/mol. The summed E-state index contributed by atoms with van der Waals surface area (Å²) in [5, 5.41) is 0. The first kappa shape index (κ1) is 12.9. The van der Waals surface area contributed by atoms with Crippen LogP contribution in [0.15, 0.2) is 19.7 Å². The molecule has 18 heavy (non-hydrogen) atoms. The monoisotopic (exact) mass is 238 g/mol. The van der Waals surface area contributed by atoms with Crippen molar-refractivity contribution < 1.29 is 0 Å². The summed E-state index contributed by atoms with van der Waals surface area (Å²) in [7, 11) is 0. The molecule has 0 nitrogen and oxygen atoms in total. The summed E-state index contributed by atoms with van der Waals surface area (Å²) in [6.07, 6.45) is 6.99.